The van der Waals surface area contributed by atoms with Crippen LogP contribution in [0.4, 0.5) is 9.18 Å². The minimum absolute atomic E-state index is 0.0218. The molecule has 1 saturated heterocycles. The number of carbonyl (C=O) groups excluding carboxylic acids is 1. The van der Waals surface area contributed by atoms with Crippen molar-refractivity contribution in [3.8, 4) is 5.75 Å². The summed E-state index contributed by atoms with van der Waals surface area (Å²) in [5.41, 5.74) is 0. The molecule has 1 aliphatic rings. The van der Waals surface area contributed by atoms with Gasteiger partial charge in [0.2, 0.25) is 0 Å². The molecule has 0 aliphatic carbocycles. The molecule has 1 heterocycles. The van der Waals surface area contributed by atoms with Gasteiger partial charge in [0, 0.05) is 12.6 Å². The van der Waals surface area contributed by atoms with Gasteiger partial charge in [-0.2, -0.15) is 0 Å². The molecule has 0 unspecified atom stereocenters. The predicted octanol–water partition coefficient (Wildman–Crippen LogP) is 1.42. The average Bonchev–Trinajstić information content (AvgIpc) is 2.46. The molecule has 2 rings (SSSR count). The van der Waals surface area contributed by atoms with Crippen molar-refractivity contribution < 1.29 is 22.3 Å². The summed E-state index contributed by atoms with van der Waals surface area (Å²) in [6.45, 7) is 3.80. The average molecular weight is 344 g/mol. The maximum atomic E-state index is 13.5. The predicted molar refractivity (Wildman–Crippen MR) is 84.7 cm³/mol. The van der Waals surface area contributed by atoms with Crippen LogP contribution in [0.2, 0.25) is 0 Å². The third-order valence-electron chi connectivity index (χ3n) is 3.64. The summed E-state index contributed by atoms with van der Waals surface area (Å²) < 4.78 is 42.0. The van der Waals surface area contributed by atoms with E-state index in [1.54, 1.807) is 26.0 Å². The quantitative estimate of drug-likeness (QED) is 0.896. The van der Waals surface area contributed by atoms with Gasteiger partial charge >= 0.3 is 6.03 Å². The zero-order valence-electron chi connectivity index (χ0n) is 13.2. The number of para-hydroxylation sites is 1. The van der Waals surface area contributed by atoms with E-state index in [0.29, 0.717) is 0 Å². The number of hydrogen-bond acceptors (Lipinski definition) is 4. The summed E-state index contributed by atoms with van der Waals surface area (Å²) in [4.78, 5) is 13.6. The van der Waals surface area contributed by atoms with Gasteiger partial charge in [-0.1, -0.05) is 12.1 Å². The fraction of sp³-hybridized carbons (Fsp3) is 0.533. The molecule has 8 heteroatoms. The van der Waals surface area contributed by atoms with Crippen LogP contribution in [0, 0.1) is 5.82 Å². The number of hydrogen-bond donors (Lipinski definition) is 1. The van der Waals surface area contributed by atoms with Crippen LogP contribution in [0.15, 0.2) is 24.3 Å². The number of halogens is 1. The maximum Gasteiger partial charge on any atom is 0.317 e. The summed E-state index contributed by atoms with van der Waals surface area (Å²) >= 11 is 0. The van der Waals surface area contributed by atoms with Crippen molar-refractivity contribution in [2.75, 3.05) is 24.6 Å². The molecular weight excluding hydrogens is 323 g/mol. The van der Waals surface area contributed by atoms with Crippen molar-refractivity contribution in [3.63, 3.8) is 0 Å². The Balaban J connectivity index is 1.83. The lowest BCUT2D eigenvalue weighted by Crippen LogP contribution is -2.54. The van der Waals surface area contributed by atoms with Crippen LogP contribution >= 0.6 is 0 Å². The molecule has 128 valence electrons. The molecule has 2 atom stereocenters. The van der Waals surface area contributed by atoms with Gasteiger partial charge in [0.25, 0.3) is 0 Å². The second kappa shape index (κ2) is 7.16. The number of sulfone groups is 1. The number of rotatable bonds is 4. The molecule has 0 saturated carbocycles. The van der Waals surface area contributed by atoms with Gasteiger partial charge in [-0.3, -0.25) is 0 Å². The van der Waals surface area contributed by atoms with Gasteiger partial charge in [-0.05, 0) is 26.0 Å². The summed E-state index contributed by atoms with van der Waals surface area (Å²) in [5.74, 6) is -0.375. The molecule has 0 aromatic heterocycles. The highest BCUT2D eigenvalue weighted by Crippen LogP contribution is 2.17. The Kier molecular flexibility index (Phi) is 5.46. The van der Waals surface area contributed by atoms with Crippen molar-refractivity contribution in [2.45, 2.75) is 26.0 Å². The van der Waals surface area contributed by atoms with Crippen LogP contribution in [0.1, 0.15) is 13.8 Å². The molecule has 1 N–H and O–H groups in total. The van der Waals surface area contributed by atoms with Crippen LogP contribution in [-0.4, -0.2) is 56.1 Å². The van der Waals surface area contributed by atoms with Gasteiger partial charge in [-0.25, -0.2) is 17.6 Å². The number of benzene rings is 1. The van der Waals surface area contributed by atoms with E-state index in [2.05, 4.69) is 5.32 Å². The minimum Gasteiger partial charge on any atom is -0.486 e. The van der Waals surface area contributed by atoms with Gasteiger partial charge in [0.1, 0.15) is 6.10 Å². The van der Waals surface area contributed by atoms with E-state index in [-0.39, 0.29) is 42.4 Å². The number of urea groups is 1. The SMILES string of the molecule is C[C@@H]1CS(=O)(=O)CCN1C(=O)NC[C@H](C)Oc1ccccc1F. The highest BCUT2D eigenvalue weighted by molar-refractivity contribution is 7.91. The van der Waals surface area contributed by atoms with E-state index < -0.39 is 21.8 Å². The normalized spacial score (nSPS) is 21.5. The summed E-state index contributed by atoms with van der Waals surface area (Å²) in [7, 11) is -3.06. The molecular formula is C15H21FN2O4S. The topological polar surface area (TPSA) is 75.7 Å². The first kappa shape index (κ1) is 17.5. The first-order valence-corrected chi connectivity index (χ1v) is 9.27. The number of amides is 2. The Hall–Kier alpha value is -1.83. The zero-order chi connectivity index (χ0) is 17.0. The van der Waals surface area contributed by atoms with Crippen LogP contribution in [0.3, 0.4) is 0 Å². The van der Waals surface area contributed by atoms with Crippen LogP contribution < -0.4 is 10.1 Å². The maximum absolute atomic E-state index is 13.5. The van der Waals surface area contributed by atoms with E-state index in [4.69, 9.17) is 4.74 Å². The highest BCUT2D eigenvalue weighted by Gasteiger charge is 2.31. The van der Waals surface area contributed by atoms with Gasteiger partial charge in [0.05, 0.1) is 18.1 Å². The summed E-state index contributed by atoms with van der Waals surface area (Å²) in [6, 6.07) is 5.36. The molecule has 0 radical (unpaired) electrons. The Labute approximate surface area is 135 Å². The van der Waals surface area contributed by atoms with Crippen molar-refractivity contribution in [1.82, 2.24) is 10.2 Å². The monoisotopic (exact) mass is 344 g/mol. The summed E-state index contributed by atoms with van der Waals surface area (Å²) in [5, 5.41) is 2.69. The fourth-order valence-corrected chi connectivity index (χ4v) is 3.99. The molecule has 1 aromatic carbocycles. The van der Waals surface area contributed by atoms with Gasteiger partial charge in [0.15, 0.2) is 21.4 Å². The van der Waals surface area contributed by atoms with Crippen LogP contribution in [0.5, 0.6) is 5.75 Å². The lowest BCUT2D eigenvalue weighted by atomic mass is 10.3. The molecule has 6 nitrogen and oxygen atoms in total. The molecule has 0 spiro atoms. The van der Waals surface area contributed by atoms with E-state index in [0.717, 1.165) is 0 Å². The number of ether oxygens (including phenoxy) is 1. The third kappa shape index (κ3) is 4.82. The zero-order valence-corrected chi connectivity index (χ0v) is 14.0. The van der Waals surface area contributed by atoms with Crippen LogP contribution in [0.25, 0.3) is 0 Å². The minimum atomic E-state index is -3.06. The Morgan fingerprint density at radius 3 is 2.83 bits per heavy atom. The Morgan fingerprint density at radius 2 is 2.17 bits per heavy atom. The Morgan fingerprint density at radius 1 is 1.48 bits per heavy atom. The Bertz CT molecular complexity index is 665. The highest BCUT2D eigenvalue weighted by atomic mass is 32.2. The summed E-state index contributed by atoms with van der Waals surface area (Å²) in [6.07, 6.45) is -0.417. The van der Waals surface area contributed by atoms with E-state index in [1.165, 1.54) is 17.0 Å². The lowest BCUT2D eigenvalue weighted by molar-refractivity contribution is 0.171. The van der Waals surface area contributed by atoms with Crippen molar-refractivity contribution in [1.29, 1.82) is 0 Å². The van der Waals surface area contributed by atoms with Gasteiger partial charge < -0.3 is 15.0 Å². The second-order valence-electron chi connectivity index (χ2n) is 5.70. The lowest BCUT2D eigenvalue weighted by Gasteiger charge is -2.33. The third-order valence-corrected chi connectivity index (χ3v) is 5.43. The largest absolute Gasteiger partial charge is 0.486 e. The van der Waals surface area contributed by atoms with Gasteiger partial charge in [-0.15, -0.1) is 0 Å². The van der Waals surface area contributed by atoms with Crippen LogP contribution in [-0.2, 0) is 9.84 Å². The fourth-order valence-electron chi connectivity index (χ4n) is 2.43. The first-order valence-electron chi connectivity index (χ1n) is 7.44. The van der Waals surface area contributed by atoms with Crippen molar-refractivity contribution in [2.24, 2.45) is 0 Å². The molecule has 1 aliphatic heterocycles. The number of carbonyl (C=O) groups is 1. The van der Waals surface area contributed by atoms with E-state index in [1.807, 2.05) is 0 Å². The number of nitrogens with one attached hydrogen (secondary N) is 1. The smallest absolute Gasteiger partial charge is 0.317 e. The second-order valence-corrected chi connectivity index (χ2v) is 7.93. The standard InChI is InChI=1S/C15H21FN2O4S/c1-11-10-23(20,21)8-7-18(11)15(19)17-9-12(2)22-14-6-4-3-5-13(14)16/h3-6,11-12H,7-10H2,1-2H3,(H,17,19)/t11-,12+/m1/s1. The van der Waals surface area contributed by atoms with E-state index >= 15 is 0 Å². The first-order chi connectivity index (χ1) is 10.8. The molecule has 0 bridgehead atoms. The van der Waals surface area contributed by atoms with Crippen molar-refractivity contribution >= 4 is 15.9 Å². The van der Waals surface area contributed by atoms with Crippen molar-refractivity contribution in [3.05, 3.63) is 30.1 Å². The molecule has 23 heavy (non-hydrogen) atoms. The van der Waals surface area contributed by atoms with E-state index in [9.17, 15) is 17.6 Å². The molecule has 1 fully saturated rings. The number of nitrogens with zero attached hydrogens (tertiary/aromatic N) is 1. The molecule has 1 aromatic rings. The molecule has 2 amide bonds.